The van der Waals surface area contributed by atoms with E-state index >= 15 is 0 Å². The van der Waals surface area contributed by atoms with Crippen LogP contribution in [0, 0.1) is 0 Å². The molecule has 0 saturated carbocycles. The zero-order valence-corrected chi connectivity index (χ0v) is 12.9. The Kier molecular flexibility index (Phi) is 7.56. The number of anilines is 1. The number of methoxy groups -OCH3 is 3. The minimum Gasteiger partial charge on any atom is -0.497 e. The highest BCUT2D eigenvalue weighted by molar-refractivity contribution is 5.99. The molecular weight excluding hydrogens is 272 g/mol. The molecule has 1 aromatic rings. The van der Waals surface area contributed by atoms with Crippen LogP contribution >= 0.6 is 0 Å². The van der Waals surface area contributed by atoms with Gasteiger partial charge in [0.1, 0.15) is 5.75 Å². The van der Waals surface area contributed by atoms with Crippen LogP contribution in [0.1, 0.15) is 16.8 Å². The highest BCUT2D eigenvalue weighted by Crippen LogP contribution is 2.21. The fourth-order valence-corrected chi connectivity index (χ4v) is 1.95. The highest BCUT2D eigenvalue weighted by atomic mass is 16.5. The fraction of sp³-hybridized carbons (Fsp3) is 0.533. The molecule has 6 nitrogen and oxygen atoms in total. The summed E-state index contributed by atoms with van der Waals surface area (Å²) in [6.45, 7) is 2.20. The van der Waals surface area contributed by atoms with Crippen LogP contribution in [0.2, 0.25) is 0 Å². The maximum absolute atomic E-state index is 12.6. The Morgan fingerprint density at radius 3 is 2.43 bits per heavy atom. The molecule has 0 aliphatic heterocycles. The van der Waals surface area contributed by atoms with Crippen LogP contribution in [-0.2, 0) is 9.47 Å². The first-order valence-corrected chi connectivity index (χ1v) is 6.84. The van der Waals surface area contributed by atoms with E-state index in [0.29, 0.717) is 43.3 Å². The maximum Gasteiger partial charge on any atom is 0.256 e. The van der Waals surface area contributed by atoms with Gasteiger partial charge in [-0.05, 0) is 18.6 Å². The summed E-state index contributed by atoms with van der Waals surface area (Å²) in [6.07, 6.45) is 0.766. The number of nitrogens with two attached hydrogens (primary N) is 1. The number of hydrogen-bond acceptors (Lipinski definition) is 5. The van der Waals surface area contributed by atoms with E-state index in [1.807, 2.05) is 0 Å². The van der Waals surface area contributed by atoms with Crippen LogP contribution in [0.3, 0.4) is 0 Å². The van der Waals surface area contributed by atoms with Gasteiger partial charge in [0, 0.05) is 45.7 Å². The molecule has 0 atom stereocenters. The lowest BCUT2D eigenvalue weighted by molar-refractivity contribution is 0.0675. The summed E-state index contributed by atoms with van der Waals surface area (Å²) in [6, 6.07) is 5.07. The Balaban J connectivity index is 2.82. The number of ether oxygens (including phenoxy) is 3. The number of nitrogen functional groups attached to an aromatic ring is 1. The van der Waals surface area contributed by atoms with Crippen molar-refractivity contribution in [3.05, 3.63) is 23.8 Å². The lowest BCUT2D eigenvalue weighted by atomic mass is 10.1. The predicted molar refractivity (Wildman–Crippen MR) is 81.7 cm³/mol. The van der Waals surface area contributed by atoms with Crippen molar-refractivity contribution in [2.75, 3.05) is 53.4 Å². The zero-order chi connectivity index (χ0) is 15.7. The number of carbonyl (C=O) groups is 1. The minimum absolute atomic E-state index is 0.108. The predicted octanol–water partition coefficient (Wildman–Crippen LogP) is 1.40. The lowest BCUT2D eigenvalue weighted by Gasteiger charge is -2.23. The Labute approximate surface area is 125 Å². The number of benzene rings is 1. The third kappa shape index (κ3) is 5.24. The average molecular weight is 296 g/mol. The second-order valence-corrected chi connectivity index (χ2v) is 4.58. The average Bonchev–Trinajstić information content (AvgIpc) is 2.50. The molecule has 0 saturated heterocycles. The van der Waals surface area contributed by atoms with Gasteiger partial charge in [0.25, 0.3) is 5.91 Å². The standard InChI is InChI=1S/C15H24N2O4/c1-19-9-4-7-17(8-10-20-2)15(18)13-6-5-12(21-3)11-14(13)16/h5-6,11H,4,7-10,16H2,1-3H3. The number of amides is 1. The lowest BCUT2D eigenvalue weighted by Crippen LogP contribution is -2.35. The van der Waals surface area contributed by atoms with E-state index in [2.05, 4.69) is 0 Å². The summed E-state index contributed by atoms with van der Waals surface area (Å²) in [4.78, 5) is 14.3. The Morgan fingerprint density at radius 1 is 1.14 bits per heavy atom. The molecule has 1 amide bonds. The molecule has 0 radical (unpaired) electrons. The van der Waals surface area contributed by atoms with E-state index in [9.17, 15) is 4.79 Å². The molecule has 2 N–H and O–H groups in total. The van der Waals surface area contributed by atoms with Gasteiger partial charge in [-0.3, -0.25) is 4.79 Å². The molecular formula is C15H24N2O4. The minimum atomic E-state index is -0.108. The van der Waals surface area contributed by atoms with Crippen molar-refractivity contribution in [2.24, 2.45) is 0 Å². The number of nitrogens with zero attached hydrogens (tertiary/aromatic N) is 1. The van der Waals surface area contributed by atoms with Gasteiger partial charge in [0.05, 0.1) is 19.3 Å². The summed E-state index contributed by atoms with van der Waals surface area (Å²) >= 11 is 0. The molecule has 0 unspecified atom stereocenters. The summed E-state index contributed by atoms with van der Waals surface area (Å²) in [5.41, 5.74) is 6.82. The van der Waals surface area contributed by atoms with E-state index in [-0.39, 0.29) is 5.91 Å². The van der Waals surface area contributed by atoms with Gasteiger partial charge in [0.2, 0.25) is 0 Å². The molecule has 1 aromatic carbocycles. The molecule has 6 heteroatoms. The molecule has 0 fully saturated rings. The molecule has 0 heterocycles. The van der Waals surface area contributed by atoms with Gasteiger partial charge in [-0.2, -0.15) is 0 Å². The summed E-state index contributed by atoms with van der Waals surface area (Å²) in [5.74, 6) is 0.523. The summed E-state index contributed by atoms with van der Waals surface area (Å²) < 4.78 is 15.2. The number of carbonyl (C=O) groups excluding carboxylic acids is 1. The molecule has 1 rings (SSSR count). The van der Waals surface area contributed by atoms with Crippen molar-refractivity contribution >= 4 is 11.6 Å². The third-order valence-electron chi connectivity index (χ3n) is 3.12. The van der Waals surface area contributed by atoms with Crippen LogP contribution in [-0.4, -0.2) is 58.4 Å². The van der Waals surface area contributed by atoms with Crippen molar-refractivity contribution in [1.29, 1.82) is 0 Å². The monoisotopic (exact) mass is 296 g/mol. The van der Waals surface area contributed by atoms with Gasteiger partial charge in [-0.25, -0.2) is 0 Å². The molecule has 21 heavy (non-hydrogen) atoms. The molecule has 0 aromatic heterocycles. The second kappa shape index (κ2) is 9.20. The van der Waals surface area contributed by atoms with Gasteiger partial charge in [-0.1, -0.05) is 0 Å². The van der Waals surface area contributed by atoms with Crippen LogP contribution in [0.25, 0.3) is 0 Å². The van der Waals surface area contributed by atoms with Crippen LogP contribution in [0.4, 0.5) is 5.69 Å². The van der Waals surface area contributed by atoms with Gasteiger partial charge < -0.3 is 24.8 Å². The van der Waals surface area contributed by atoms with Crippen molar-refractivity contribution < 1.29 is 19.0 Å². The topological polar surface area (TPSA) is 74.0 Å². The quantitative estimate of drug-likeness (QED) is 0.551. The Morgan fingerprint density at radius 2 is 1.86 bits per heavy atom. The van der Waals surface area contributed by atoms with E-state index in [1.165, 1.54) is 0 Å². The first-order valence-electron chi connectivity index (χ1n) is 6.84. The normalized spacial score (nSPS) is 10.4. The maximum atomic E-state index is 12.6. The number of hydrogen-bond donors (Lipinski definition) is 1. The molecule has 118 valence electrons. The van der Waals surface area contributed by atoms with Crippen LogP contribution in [0.5, 0.6) is 5.75 Å². The van der Waals surface area contributed by atoms with E-state index in [1.54, 1.807) is 44.4 Å². The van der Waals surface area contributed by atoms with Crippen molar-refractivity contribution in [2.45, 2.75) is 6.42 Å². The van der Waals surface area contributed by atoms with E-state index in [4.69, 9.17) is 19.9 Å². The molecule has 0 spiro atoms. The van der Waals surface area contributed by atoms with Gasteiger partial charge in [0.15, 0.2) is 0 Å². The molecule has 0 aliphatic carbocycles. The SMILES string of the molecule is COCCCN(CCOC)C(=O)c1ccc(OC)cc1N. The Hall–Kier alpha value is -1.79. The van der Waals surface area contributed by atoms with Gasteiger partial charge >= 0.3 is 0 Å². The van der Waals surface area contributed by atoms with Crippen LogP contribution in [0.15, 0.2) is 18.2 Å². The van der Waals surface area contributed by atoms with Crippen molar-refractivity contribution in [3.8, 4) is 5.75 Å². The summed E-state index contributed by atoms with van der Waals surface area (Å²) in [5, 5.41) is 0. The van der Waals surface area contributed by atoms with Gasteiger partial charge in [-0.15, -0.1) is 0 Å². The first-order chi connectivity index (χ1) is 10.1. The van der Waals surface area contributed by atoms with Crippen molar-refractivity contribution in [1.82, 2.24) is 4.90 Å². The van der Waals surface area contributed by atoms with Crippen molar-refractivity contribution in [3.63, 3.8) is 0 Å². The second-order valence-electron chi connectivity index (χ2n) is 4.58. The van der Waals surface area contributed by atoms with Crippen LogP contribution < -0.4 is 10.5 Å². The smallest absolute Gasteiger partial charge is 0.256 e. The molecule has 0 aliphatic rings. The highest BCUT2D eigenvalue weighted by Gasteiger charge is 2.18. The third-order valence-corrected chi connectivity index (χ3v) is 3.12. The first kappa shape index (κ1) is 17.3. The van der Waals surface area contributed by atoms with E-state index < -0.39 is 0 Å². The summed E-state index contributed by atoms with van der Waals surface area (Å²) in [7, 11) is 4.81. The molecule has 0 bridgehead atoms. The zero-order valence-electron chi connectivity index (χ0n) is 12.9. The Bertz CT molecular complexity index is 451. The largest absolute Gasteiger partial charge is 0.497 e. The van der Waals surface area contributed by atoms with E-state index in [0.717, 1.165) is 6.42 Å². The fourth-order valence-electron chi connectivity index (χ4n) is 1.95. The number of rotatable bonds is 9.